The number of hydrogen-bond donors (Lipinski definition) is 1. The number of hydrogen-bond acceptors (Lipinski definition) is 4. The Bertz CT molecular complexity index is 943. The third kappa shape index (κ3) is 2.94. The van der Waals surface area contributed by atoms with Gasteiger partial charge in [0.2, 0.25) is 0 Å². The lowest BCUT2D eigenvalue weighted by Crippen LogP contribution is -2.51. The van der Waals surface area contributed by atoms with Gasteiger partial charge < -0.3 is 10.2 Å². The summed E-state index contributed by atoms with van der Waals surface area (Å²) in [7, 11) is 0. The molecule has 6 nitrogen and oxygen atoms in total. The largest absolute Gasteiger partial charge is 0.416 e. The highest BCUT2D eigenvalue weighted by Crippen LogP contribution is 2.40. The monoisotopic (exact) mass is 389 g/mol. The average molecular weight is 389 g/mol. The summed E-state index contributed by atoms with van der Waals surface area (Å²) in [5.74, 6) is 0.644. The summed E-state index contributed by atoms with van der Waals surface area (Å²) in [6.45, 7) is 1.52. The first-order chi connectivity index (χ1) is 13.4. The number of aromatic nitrogens is 2. The Kier molecular flexibility index (Phi) is 3.75. The van der Waals surface area contributed by atoms with Crippen LogP contribution < -0.4 is 15.1 Å². The van der Waals surface area contributed by atoms with Gasteiger partial charge in [-0.2, -0.15) is 13.2 Å². The number of carbonyl (C=O) groups is 1. The van der Waals surface area contributed by atoms with Gasteiger partial charge >= 0.3 is 12.2 Å². The number of nitrogens with zero attached hydrogens (tertiary/aromatic N) is 4. The molecule has 1 aromatic carbocycles. The molecule has 1 unspecified atom stereocenters. The van der Waals surface area contributed by atoms with Crippen LogP contribution in [-0.4, -0.2) is 41.2 Å². The van der Waals surface area contributed by atoms with Crippen LogP contribution in [-0.2, 0) is 6.18 Å². The number of carbonyl (C=O) groups excluding carboxylic acids is 1. The quantitative estimate of drug-likeness (QED) is 0.855. The molecule has 3 heterocycles. The Morgan fingerprint density at radius 2 is 2.04 bits per heavy atom. The Labute approximate surface area is 159 Å². The van der Waals surface area contributed by atoms with E-state index in [1.807, 2.05) is 0 Å². The van der Waals surface area contributed by atoms with Crippen molar-refractivity contribution in [2.45, 2.75) is 37.5 Å². The number of urea groups is 1. The van der Waals surface area contributed by atoms with Crippen molar-refractivity contribution in [2.75, 3.05) is 22.9 Å². The van der Waals surface area contributed by atoms with Crippen LogP contribution in [0.1, 0.15) is 24.8 Å². The van der Waals surface area contributed by atoms with Crippen LogP contribution in [0.5, 0.6) is 0 Å². The first kappa shape index (κ1) is 17.3. The minimum absolute atomic E-state index is 0.00973. The fraction of sp³-hybridized carbons (Fsp3) is 0.421. The number of fused-ring (bicyclic) bond motifs is 4. The molecule has 9 heteroatoms. The SMILES string of the molecule is O=C(NC1CC1)N1c2nc(-c3cccc(C(F)(F)F)c3)ncc2N2CCC1C2. The lowest BCUT2D eigenvalue weighted by Gasteiger charge is -2.35. The van der Waals surface area contributed by atoms with Gasteiger partial charge in [-0.25, -0.2) is 14.8 Å². The summed E-state index contributed by atoms with van der Waals surface area (Å²) in [5, 5.41) is 2.99. The average Bonchev–Trinajstić information content (AvgIpc) is 3.39. The van der Waals surface area contributed by atoms with Crippen molar-refractivity contribution in [1.29, 1.82) is 0 Å². The zero-order chi connectivity index (χ0) is 19.5. The zero-order valence-electron chi connectivity index (χ0n) is 14.9. The van der Waals surface area contributed by atoms with Gasteiger partial charge in [-0.3, -0.25) is 4.90 Å². The molecule has 1 saturated heterocycles. The minimum atomic E-state index is -4.44. The highest BCUT2D eigenvalue weighted by molar-refractivity contribution is 5.97. The van der Waals surface area contributed by atoms with E-state index < -0.39 is 11.7 Å². The molecule has 1 saturated carbocycles. The van der Waals surface area contributed by atoms with Crippen LogP contribution in [0.25, 0.3) is 11.4 Å². The van der Waals surface area contributed by atoms with E-state index in [1.54, 1.807) is 17.2 Å². The van der Waals surface area contributed by atoms with Crippen molar-refractivity contribution in [1.82, 2.24) is 15.3 Å². The summed E-state index contributed by atoms with van der Waals surface area (Å²) in [6, 6.07) is 4.96. The van der Waals surface area contributed by atoms with E-state index in [4.69, 9.17) is 0 Å². The van der Waals surface area contributed by atoms with E-state index in [2.05, 4.69) is 20.2 Å². The lowest BCUT2D eigenvalue weighted by atomic mass is 10.1. The standard InChI is InChI=1S/C19H18F3N5O/c20-19(21,22)12-3-1-2-11(8-12)16-23-9-15-17(25-16)27(14-6-7-26(15)10-14)18(28)24-13-4-5-13/h1-3,8-9,13-14H,4-7,10H2,(H,24,28). The Balaban J connectivity index is 1.55. The van der Waals surface area contributed by atoms with E-state index in [9.17, 15) is 18.0 Å². The maximum Gasteiger partial charge on any atom is 0.416 e. The second kappa shape index (κ2) is 6.08. The normalized spacial score (nSPS) is 20.9. The fourth-order valence-corrected chi connectivity index (χ4v) is 3.82. The number of anilines is 2. The molecule has 5 rings (SSSR count). The second-order valence-electron chi connectivity index (χ2n) is 7.46. The van der Waals surface area contributed by atoms with Crippen molar-refractivity contribution >= 4 is 17.5 Å². The maximum atomic E-state index is 13.1. The van der Waals surface area contributed by atoms with Crippen molar-refractivity contribution in [2.24, 2.45) is 0 Å². The molecular formula is C19H18F3N5O. The van der Waals surface area contributed by atoms with Gasteiger partial charge in [-0.1, -0.05) is 12.1 Å². The van der Waals surface area contributed by atoms with Gasteiger partial charge in [0.15, 0.2) is 11.6 Å². The second-order valence-corrected chi connectivity index (χ2v) is 7.46. The van der Waals surface area contributed by atoms with Crippen molar-refractivity contribution < 1.29 is 18.0 Å². The molecule has 146 valence electrons. The van der Waals surface area contributed by atoms with Crippen molar-refractivity contribution in [3.8, 4) is 11.4 Å². The first-order valence-corrected chi connectivity index (χ1v) is 9.29. The van der Waals surface area contributed by atoms with Gasteiger partial charge in [0.25, 0.3) is 0 Å². The number of rotatable bonds is 2. The number of benzene rings is 1. The molecule has 2 bridgehead atoms. The molecule has 2 amide bonds. The van der Waals surface area contributed by atoms with Gasteiger partial charge in [-0.05, 0) is 31.4 Å². The van der Waals surface area contributed by atoms with Crippen LogP contribution in [0.15, 0.2) is 30.5 Å². The van der Waals surface area contributed by atoms with Crippen LogP contribution >= 0.6 is 0 Å². The highest BCUT2D eigenvalue weighted by Gasteiger charge is 2.41. The van der Waals surface area contributed by atoms with Crippen LogP contribution in [0.2, 0.25) is 0 Å². The van der Waals surface area contributed by atoms with Crippen LogP contribution in [0, 0.1) is 0 Å². The Morgan fingerprint density at radius 1 is 1.21 bits per heavy atom. The molecule has 2 aliphatic heterocycles. The molecule has 28 heavy (non-hydrogen) atoms. The molecule has 1 aromatic heterocycles. The molecule has 0 radical (unpaired) electrons. The van der Waals surface area contributed by atoms with Crippen LogP contribution in [0.4, 0.5) is 29.5 Å². The first-order valence-electron chi connectivity index (χ1n) is 9.29. The predicted molar refractivity (Wildman–Crippen MR) is 97.1 cm³/mol. The predicted octanol–water partition coefficient (Wildman–Crippen LogP) is 3.43. The lowest BCUT2D eigenvalue weighted by molar-refractivity contribution is -0.137. The zero-order valence-corrected chi connectivity index (χ0v) is 14.9. The maximum absolute atomic E-state index is 13.1. The van der Waals surface area contributed by atoms with Crippen LogP contribution in [0.3, 0.4) is 0 Å². The third-order valence-corrected chi connectivity index (χ3v) is 5.42. The number of alkyl halides is 3. The summed E-state index contributed by atoms with van der Waals surface area (Å²) in [5.41, 5.74) is 0.266. The van der Waals surface area contributed by atoms with E-state index in [-0.39, 0.29) is 29.5 Å². The van der Waals surface area contributed by atoms with Crippen molar-refractivity contribution in [3.05, 3.63) is 36.0 Å². The van der Waals surface area contributed by atoms with E-state index >= 15 is 0 Å². The summed E-state index contributed by atoms with van der Waals surface area (Å²) in [4.78, 5) is 25.4. The smallest absolute Gasteiger partial charge is 0.365 e. The van der Waals surface area contributed by atoms with Crippen molar-refractivity contribution in [3.63, 3.8) is 0 Å². The summed E-state index contributed by atoms with van der Waals surface area (Å²) >= 11 is 0. The van der Waals surface area contributed by atoms with E-state index in [1.165, 1.54) is 6.07 Å². The molecule has 1 N–H and O–H groups in total. The van der Waals surface area contributed by atoms with Gasteiger partial charge in [-0.15, -0.1) is 0 Å². The fourth-order valence-electron chi connectivity index (χ4n) is 3.82. The third-order valence-electron chi connectivity index (χ3n) is 5.42. The molecule has 1 aliphatic carbocycles. The minimum Gasteiger partial charge on any atom is -0.365 e. The van der Waals surface area contributed by atoms with Gasteiger partial charge in [0, 0.05) is 24.7 Å². The van der Waals surface area contributed by atoms with E-state index in [0.717, 1.165) is 50.2 Å². The molecule has 2 fully saturated rings. The van der Waals surface area contributed by atoms with Gasteiger partial charge in [0.05, 0.1) is 23.5 Å². The summed E-state index contributed by atoms with van der Waals surface area (Å²) < 4.78 is 39.2. The van der Waals surface area contributed by atoms with E-state index in [0.29, 0.717) is 5.82 Å². The number of halogens is 3. The Morgan fingerprint density at radius 3 is 2.79 bits per heavy atom. The number of amides is 2. The Hall–Kier alpha value is -2.84. The molecule has 1 atom stereocenters. The summed E-state index contributed by atoms with van der Waals surface area (Å²) in [6.07, 6.45) is -0.0552. The van der Waals surface area contributed by atoms with Gasteiger partial charge in [0.1, 0.15) is 0 Å². The number of nitrogens with one attached hydrogen (secondary N) is 1. The topological polar surface area (TPSA) is 61.4 Å². The molecule has 3 aliphatic rings. The highest BCUT2D eigenvalue weighted by atomic mass is 19.4. The molecular weight excluding hydrogens is 371 g/mol. The molecule has 0 spiro atoms. The molecule has 2 aromatic rings.